The molecule has 4 nitrogen and oxygen atoms in total. The number of aliphatic imine (C=N–C) groups is 1. The van der Waals surface area contributed by atoms with Gasteiger partial charge in [0.15, 0.2) is 5.96 Å². The molecule has 1 aromatic rings. The molecule has 0 fully saturated rings. The van der Waals surface area contributed by atoms with Crippen molar-refractivity contribution in [2.75, 3.05) is 33.9 Å². The van der Waals surface area contributed by atoms with Crippen LogP contribution in [0.4, 0.5) is 0 Å². The van der Waals surface area contributed by atoms with Crippen molar-refractivity contribution < 1.29 is 4.74 Å². The van der Waals surface area contributed by atoms with Gasteiger partial charge in [0.25, 0.3) is 0 Å². The van der Waals surface area contributed by atoms with Crippen LogP contribution in [0.25, 0.3) is 0 Å². The second kappa shape index (κ2) is 8.47. The van der Waals surface area contributed by atoms with E-state index in [2.05, 4.69) is 29.5 Å². The average molecular weight is 332 g/mol. The van der Waals surface area contributed by atoms with Gasteiger partial charge in [-0.2, -0.15) is 0 Å². The first-order valence-corrected chi connectivity index (χ1v) is 7.55. The van der Waals surface area contributed by atoms with Crippen LogP contribution >= 0.6 is 23.2 Å². The zero-order chi connectivity index (χ0) is 15.9. The Morgan fingerprint density at radius 1 is 1.24 bits per heavy atom. The molecule has 21 heavy (non-hydrogen) atoms. The highest BCUT2D eigenvalue weighted by molar-refractivity contribution is 6.42. The van der Waals surface area contributed by atoms with Crippen LogP contribution in [0.3, 0.4) is 0 Å². The number of nitrogens with zero attached hydrogens (tertiary/aromatic N) is 1. The van der Waals surface area contributed by atoms with E-state index in [1.165, 1.54) is 0 Å². The Kier molecular flexibility index (Phi) is 7.29. The molecule has 0 aliphatic carbocycles. The van der Waals surface area contributed by atoms with Crippen LogP contribution in [0.15, 0.2) is 23.2 Å². The maximum Gasteiger partial charge on any atom is 0.191 e. The third kappa shape index (κ3) is 5.73. The Morgan fingerprint density at radius 3 is 2.52 bits per heavy atom. The zero-order valence-corrected chi connectivity index (χ0v) is 14.5. The zero-order valence-electron chi connectivity index (χ0n) is 13.0. The lowest BCUT2D eigenvalue weighted by Gasteiger charge is -2.27. The molecule has 1 rings (SSSR count). The molecule has 1 aromatic carbocycles. The number of nitrogens with one attached hydrogen (secondary N) is 2. The van der Waals surface area contributed by atoms with Gasteiger partial charge in [-0.05, 0) is 17.7 Å². The molecule has 0 aromatic heterocycles. The van der Waals surface area contributed by atoms with Gasteiger partial charge in [-0.15, -0.1) is 0 Å². The number of methoxy groups -OCH3 is 1. The van der Waals surface area contributed by atoms with Gasteiger partial charge in [-0.25, -0.2) is 0 Å². The van der Waals surface area contributed by atoms with Gasteiger partial charge in [0.2, 0.25) is 0 Å². The van der Waals surface area contributed by atoms with Crippen molar-refractivity contribution in [1.29, 1.82) is 0 Å². The fourth-order valence-corrected chi connectivity index (χ4v) is 2.11. The molecular weight excluding hydrogens is 309 g/mol. The summed E-state index contributed by atoms with van der Waals surface area (Å²) in [5.41, 5.74) is 1.02. The number of benzene rings is 1. The van der Waals surface area contributed by atoms with Crippen LogP contribution in [-0.2, 0) is 10.2 Å². The minimum absolute atomic E-state index is 0.104. The van der Waals surface area contributed by atoms with Crippen molar-refractivity contribution in [2.24, 2.45) is 4.99 Å². The molecule has 0 saturated heterocycles. The maximum atomic E-state index is 6.09. The van der Waals surface area contributed by atoms with Crippen LogP contribution in [-0.4, -0.2) is 39.8 Å². The lowest BCUT2D eigenvalue weighted by molar-refractivity contribution is 0.203. The SMILES string of the molecule is CN=C(NCCOC)NCC(C)(C)c1ccc(Cl)c(Cl)c1. The number of ether oxygens (including phenoxy) is 1. The second-order valence-electron chi connectivity index (χ2n) is 5.36. The first-order valence-electron chi connectivity index (χ1n) is 6.79. The van der Waals surface area contributed by atoms with Gasteiger partial charge in [-0.3, -0.25) is 4.99 Å². The molecule has 0 radical (unpaired) electrons. The quantitative estimate of drug-likeness (QED) is 0.478. The summed E-state index contributed by atoms with van der Waals surface area (Å²) in [6.45, 7) is 6.35. The van der Waals surface area contributed by atoms with Crippen molar-refractivity contribution in [2.45, 2.75) is 19.3 Å². The summed E-state index contributed by atoms with van der Waals surface area (Å²) in [6.07, 6.45) is 0. The number of halogens is 2. The highest BCUT2D eigenvalue weighted by Crippen LogP contribution is 2.29. The molecular formula is C15H23Cl2N3O. The van der Waals surface area contributed by atoms with E-state index in [1.54, 1.807) is 14.2 Å². The highest BCUT2D eigenvalue weighted by atomic mass is 35.5. The summed E-state index contributed by atoms with van der Waals surface area (Å²) in [4.78, 5) is 4.18. The minimum atomic E-state index is -0.104. The number of hydrogen-bond donors (Lipinski definition) is 2. The number of guanidine groups is 1. The topological polar surface area (TPSA) is 45.7 Å². The van der Waals surface area contributed by atoms with Crippen LogP contribution in [0.2, 0.25) is 10.0 Å². The van der Waals surface area contributed by atoms with E-state index in [4.69, 9.17) is 27.9 Å². The third-order valence-electron chi connectivity index (χ3n) is 3.22. The van der Waals surface area contributed by atoms with Crippen LogP contribution in [0.1, 0.15) is 19.4 Å². The van der Waals surface area contributed by atoms with E-state index < -0.39 is 0 Å². The molecule has 6 heteroatoms. The van der Waals surface area contributed by atoms with Crippen LogP contribution in [0.5, 0.6) is 0 Å². The monoisotopic (exact) mass is 331 g/mol. The molecule has 0 saturated carbocycles. The normalized spacial score (nSPS) is 12.4. The van der Waals surface area contributed by atoms with Gasteiger partial charge >= 0.3 is 0 Å². The molecule has 0 heterocycles. The summed E-state index contributed by atoms with van der Waals surface area (Å²) in [6, 6.07) is 5.73. The lowest BCUT2D eigenvalue weighted by Crippen LogP contribution is -2.44. The first-order chi connectivity index (χ1) is 9.90. The third-order valence-corrected chi connectivity index (χ3v) is 3.96. The van der Waals surface area contributed by atoms with Gasteiger partial charge < -0.3 is 15.4 Å². The van der Waals surface area contributed by atoms with Gasteiger partial charge in [0, 0.05) is 32.7 Å². The van der Waals surface area contributed by atoms with Crippen molar-refractivity contribution in [3.63, 3.8) is 0 Å². The van der Waals surface area contributed by atoms with E-state index >= 15 is 0 Å². The summed E-state index contributed by atoms with van der Waals surface area (Å²) >= 11 is 12.1. The van der Waals surface area contributed by atoms with E-state index in [0.717, 1.165) is 18.1 Å². The Labute approximate surface area is 136 Å². The molecule has 2 N–H and O–H groups in total. The molecule has 0 bridgehead atoms. The van der Waals surface area contributed by atoms with Crippen LogP contribution in [0, 0.1) is 0 Å². The fraction of sp³-hybridized carbons (Fsp3) is 0.533. The number of hydrogen-bond acceptors (Lipinski definition) is 2. The fourth-order valence-electron chi connectivity index (χ4n) is 1.82. The summed E-state index contributed by atoms with van der Waals surface area (Å²) in [5.74, 6) is 0.750. The largest absolute Gasteiger partial charge is 0.383 e. The molecule has 0 spiro atoms. The van der Waals surface area contributed by atoms with Crippen molar-refractivity contribution in [3.05, 3.63) is 33.8 Å². The van der Waals surface area contributed by atoms with E-state index in [1.807, 2.05) is 18.2 Å². The Hall–Kier alpha value is -0.970. The van der Waals surface area contributed by atoms with E-state index in [-0.39, 0.29) is 5.41 Å². The highest BCUT2D eigenvalue weighted by Gasteiger charge is 2.21. The standard InChI is InChI=1S/C15H23Cl2N3O/c1-15(2,11-5-6-12(16)13(17)9-11)10-20-14(18-3)19-7-8-21-4/h5-6,9H,7-8,10H2,1-4H3,(H2,18,19,20). The molecule has 0 aliphatic rings. The summed E-state index contributed by atoms with van der Waals surface area (Å²) < 4.78 is 5.00. The molecule has 0 atom stereocenters. The van der Waals surface area contributed by atoms with Gasteiger partial charge in [0.1, 0.15) is 0 Å². The van der Waals surface area contributed by atoms with E-state index in [0.29, 0.717) is 23.2 Å². The Morgan fingerprint density at radius 2 is 1.95 bits per heavy atom. The molecule has 0 unspecified atom stereocenters. The maximum absolute atomic E-state index is 6.09. The first kappa shape index (κ1) is 18.1. The smallest absolute Gasteiger partial charge is 0.191 e. The van der Waals surface area contributed by atoms with E-state index in [9.17, 15) is 0 Å². The molecule has 0 amide bonds. The summed E-state index contributed by atoms with van der Waals surface area (Å²) in [5, 5.41) is 7.63. The number of rotatable bonds is 6. The predicted molar refractivity (Wildman–Crippen MR) is 90.7 cm³/mol. The lowest BCUT2D eigenvalue weighted by atomic mass is 9.84. The predicted octanol–water partition coefficient (Wildman–Crippen LogP) is 3.08. The van der Waals surface area contributed by atoms with Crippen molar-refractivity contribution in [3.8, 4) is 0 Å². The van der Waals surface area contributed by atoms with Crippen molar-refractivity contribution >= 4 is 29.2 Å². The second-order valence-corrected chi connectivity index (χ2v) is 6.17. The van der Waals surface area contributed by atoms with Gasteiger partial charge in [-0.1, -0.05) is 43.1 Å². The summed E-state index contributed by atoms with van der Waals surface area (Å²) in [7, 11) is 3.42. The van der Waals surface area contributed by atoms with Gasteiger partial charge in [0.05, 0.1) is 16.7 Å². The Bertz CT molecular complexity index is 490. The Balaban J connectivity index is 2.64. The van der Waals surface area contributed by atoms with Crippen molar-refractivity contribution in [1.82, 2.24) is 10.6 Å². The van der Waals surface area contributed by atoms with Crippen LogP contribution < -0.4 is 10.6 Å². The molecule has 118 valence electrons. The molecule has 0 aliphatic heterocycles. The average Bonchev–Trinajstić information content (AvgIpc) is 2.45. The minimum Gasteiger partial charge on any atom is -0.383 e.